The maximum atomic E-state index is 9.52. The Bertz CT molecular complexity index is 669. The van der Waals surface area contributed by atoms with Gasteiger partial charge >= 0.3 is 0 Å². The molecule has 2 aromatic heterocycles. The van der Waals surface area contributed by atoms with Crippen LogP contribution >= 0.6 is 0 Å². The van der Waals surface area contributed by atoms with Crippen LogP contribution in [0.2, 0.25) is 0 Å². The fraction of sp³-hybridized carbons (Fsp3) is 0.500. The van der Waals surface area contributed by atoms with Crippen LogP contribution in [-0.4, -0.2) is 9.55 Å². The SMILES string of the molecule is Cc1cnc2c(C#N)c(C(C)C)n(C3CCC3)c2c1. The smallest absolute Gasteiger partial charge is 0.106 e. The van der Waals surface area contributed by atoms with Crippen LogP contribution in [0.1, 0.15) is 61.9 Å². The highest BCUT2D eigenvalue weighted by Gasteiger charge is 2.28. The maximum absolute atomic E-state index is 9.52. The molecule has 0 unspecified atom stereocenters. The third-order valence-corrected chi connectivity index (χ3v) is 4.11. The summed E-state index contributed by atoms with van der Waals surface area (Å²) < 4.78 is 2.39. The van der Waals surface area contributed by atoms with Crippen molar-refractivity contribution in [3.05, 3.63) is 29.1 Å². The average Bonchev–Trinajstić information content (AvgIpc) is 2.61. The summed E-state index contributed by atoms with van der Waals surface area (Å²) in [7, 11) is 0. The van der Waals surface area contributed by atoms with Crippen molar-refractivity contribution in [2.45, 2.75) is 52.0 Å². The van der Waals surface area contributed by atoms with Crippen LogP contribution in [0.15, 0.2) is 12.3 Å². The van der Waals surface area contributed by atoms with Gasteiger partial charge in [-0.15, -0.1) is 0 Å². The molecule has 0 amide bonds. The predicted molar refractivity (Wildman–Crippen MR) is 76.2 cm³/mol. The normalized spacial score (nSPS) is 15.7. The van der Waals surface area contributed by atoms with Crippen molar-refractivity contribution in [1.29, 1.82) is 5.26 Å². The predicted octanol–water partition coefficient (Wildman–Crippen LogP) is 4.06. The third kappa shape index (κ3) is 1.74. The Kier molecular flexibility index (Phi) is 2.82. The monoisotopic (exact) mass is 253 g/mol. The number of hydrogen-bond donors (Lipinski definition) is 0. The van der Waals surface area contributed by atoms with E-state index in [1.54, 1.807) is 0 Å². The zero-order valence-corrected chi connectivity index (χ0v) is 11.8. The molecule has 3 rings (SSSR count). The van der Waals surface area contributed by atoms with Crippen molar-refractivity contribution in [2.75, 3.05) is 0 Å². The standard InChI is InChI=1S/C16H19N3/c1-10(2)16-13(8-17)15-14(7-11(3)9-18-15)19(16)12-5-4-6-12/h7,9-10,12H,4-6H2,1-3H3. The van der Waals surface area contributed by atoms with Gasteiger partial charge in [0.25, 0.3) is 0 Å². The minimum atomic E-state index is 0.352. The zero-order chi connectivity index (χ0) is 13.6. The molecule has 2 aromatic rings. The van der Waals surface area contributed by atoms with E-state index in [9.17, 15) is 5.26 Å². The summed E-state index contributed by atoms with van der Waals surface area (Å²) >= 11 is 0. The van der Waals surface area contributed by atoms with Crippen LogP contribution in [-0.2, 0) is 0 Å². The van der Waals surface area contributed by atoms with E-state index in [2.05, 4.69) is 42.5 Å². The van der Waals surface area contributed by atoms with Crippen molar-refractivity contribution in [3.8, 4) is 6.07 Å². The summed E-state index contributed by atoms with van der Waals surface area (Å²) in [5, 5.41) is 9.52. The molecule has 2 heterocycles. The van der Waals surface area contributed by atoms with Crippen molar-refractivity contribution >= 4 is 11.0 Å². The van der Waals surface area contributed by atoms with E-state index in [-0.39, 0.29) is 0 Å². The molecule has 0 aromatic carbocycles. The molecule has 1 aliphatic carbocycles. The molecule has 0 radical (unpaired) electrons. The van der Waals surface area contributed by atoms with Crippen molar-refractivity contribution in [2.24, 2.45) is 0 Å². The summed E-state index contributed by atoms with van der Waals surface area (Å²) in [5.41, 5.74) is 5.12. The quantitative estimate of drug-likeness (QED) is 0.809. The number of fused-ring (bicyclic) bond motifs is 1. The van der Waals surface area contributed by atoms with Gasteiger partial charge in [-0.2, -0.15) is 5.26 Å². The highest BCUT2D eigenvalue weighted by molar-refractivity contribution is 5.85. The molecular formula is C16H19N3. The van der Waals surface area contributed by atoms with Gasteiger partial charge in [-0.05, 0) is 43.7 Å². The van der Waals surface area contributed by atoms with Crippen molar-refractivity contribution < 1.29 is 0 Å². The van der Waals surface area contributed by atoms with Gasteiger partial charge in [0.05, 0.1) is 11.1 Å². The van der Waals surface area contributed by atoms with E-state index in [0.29, 0.717) is 12.0 Å². The number of nitriles is 1. The summed E-state index contributed by atoms with van der Waals surface area (Å²) in [6, 6.07) is 5.11. The molecule has 0 spiro atoms. The maximum Gasteiger partial charge on any atom is 0.106 e. The molecule has 3 nitrogen and oxygen atoms in total. The lowest BCUT2D eigenvalue weighted by Crippen LogP contribution is -2.19. The van der Waals surface area contributed by atoms with E-state index in [1.165, 1.54) is 25.0 Å². The first-order valence-corrected chi connectivity index (χ1v) is 7.04. The van der Waals surface area contributed by atoms with Crippen LogP contribution in [0, 0.1) is 18.3 Å². The Hall–Kier alpha value is -1.82. The third-order valence-electron chi connectivity index (χ3n) is 4.11. The molecular weight excluding hydrogens is 234 g/mol. The number of rotatable bonds is 2. The molecule has 0 atom stereocenters. The first-order chi connectivity index (χ1) is 9.13. The molecule has 1 aliphatic rings. The van der Waals surface area contributed by atoms with Gasteiger partial charge in [-0.1, -0.05) is 13.8 Å². The number of aromatic nitrogens is 2. The van der Waals surface area contributed by atoms with E-state index in [4.69, 9.17) is 0 Å². The zero-order valence-electron chi connectivity index (χ0n) is 11.8. The molecule has 0 saturated heterocycles. The topological polar surface area (TPSA) is 41.6 Å². The second-order valence-electron chi connectivity index (χ2n) is 5.86. The fourth-order valence-corrected chi connectivity index (χ4v) is 3.02. The minimum absolute atomic E-state index is 0.352. The Labute approximate surface area is 113 Å². The van der Waals surface area contributed by atoms with Gasteiger partial charge in [0, 0.05) is 17.9 Å². The van der Waals surface area contributed by atoms with Gasteiger partial charge in [0.15, 0.2) is 0 Å². The Morgan fingerprint density at radius 1 is 1.42 bits per heavy atom. The summed E-state index contributed by atoms with van der Waals surface area (Å²) in [4.78, 5) is 4.51. The minimum Gasteiger partial charge on any atom is -0.339 e. The Morgan fingerprint density at radius 3 is 2.68 bits per heavy atom. The van der Waals surface area contributed by atoms with Crippen LogP contribution in [0.4, 0.5) is 0 Å². The van der Waals surface area contributed by atoms with Crippen LogP contribution in [0.25, 0.3) is 11.0 Å². The Morgan fingerprint density at radius 2 is 2.16 bits per heavy atom. The van der Waals surface area contributed by atoms with Gasteiger partial charge in [0.1, 0.15) is 11.6 Å². The number of aryl methyl sites for hydroxylation is 1. The molecule has 0 aliphatic heterocycles. The second kappa shape index (κ2) is 4.38. The lowest BCUT2D eigenvalue weighted by molar-refractivity contribution is 0.312. The summed E-state index contributed by atoms with van der Waals surface area (Å²) in [6.45, 7) is 6.39. The molecule has 98 valence electrons. The number of hydrogen-bond acceptors (Lipinski definition) is 2. The molecule has 0 bridgehead atoms. The molecule has 1 saturated carbocycles. The van der Waals surface area contributed by atoms with Crippen LogP contribution in [0.3, 0.4) is 0 Å². The lowest BCUT2D eigenvalue weighted by Gasteiger charge is -2.31. The molecule has 1 fully saturated rings. The van der Waals surface area contributed by atoms with Gasteiger partial charge in [0.2, 0.25) is 0 Å². The van der Waals surface area contributed by atoms with Crippen LogP contribution in [0.5, 0.6) is 0 Å². The molecule has 3 heteroatoms. The van der Waals surface area contributed by atoms with Crippen LogP contribution < -0.4 is 0 Å². The fourth-order valence-electron chi connectivity index (χ4n) is 3.02. The van der Waals surface area contributed by atoms with E-state index in [0.717, 1.165) is 22.2 Å². The number of pyridine rings is 1. The molecule has 19 heavy (non-hydrogen) atoms. The van der Waals surface area contributed by atoms with Crippen molar-refractivity contribution in [3.63, 3.8) is 0 Å². The highest BCUT2D eigenvalue weighted by Crippen LogP contribution is 2.40. The average molecular weight is 253 g/mol. The van der Waals surface area contributed by atoms with E-state index < -0.39 is 0 Å². The van der Waals surface area contributed by atoms with Gasteiger partial charge in [-0.25, -0.2) is 0 Å². The van der Waals surface area contributed by atoms with E-state index in [1.807, 2.05) is 6.20 Å². The second-order valence-corrected chi connectivity index (χ2v) is 5.86. The lowest BCUT2D eigenvalue weighted by atomic mass is 9.91. The van der Waals surface area contributed by atoms with E-state index >= 15 is 0 Å². The van der Waals surface area contributed by atoms with Gasteiger partial charge in [-0.3, -0.25) is 4.98 Å². The first kappa shape index (κ1) is 12.2. The first-order valence-electron chi connectivity index (χ1n) is 7.04. The summed E-state index contributed by atoms with van der Waals surface area (Å²) in [6.07, 6.45) is 5.60. The van der Waals surface area contributed by atoms with Gasteiger partial charge < -0.3 is 4.57 Å². The Balaban J connectivity index is 2.38. The highest BCUT2D eigenvalue weighted by atomic mass is 15.1. The van der Waals surface area contributed by atoms with Crippen molar-refractivity contribution in [1.82, 2.24) is 9.55 Å². The largest absolute Gasteiger partial charge is 0.339 e. The number of nitrogens with zero attached hydrogens (tertiary/aromatic N) is 3. The molecule has 0 N–H and O–H groups in total. The summed E-state index contributed by atoms with van der Waals surface area (Å²) in [5.74, 6) is 0.352.